The summed E-state index contributed by atoms with van der Waals surface area (Å²) in [6.07, 6.45) is 3.32. The average Bonchev–Trinajstić information content (AvgIpc) is 3.23. The highest BCUT2D eigenvalue weighted by molar-refractivity contribution is 5.98. The van der Waals surface area contributed by atoms with E-state index in [1.807, 2.05) is 29.2 Å². The second-order valence-corrected chi connectivity index (χ2v) is 8.72. The van der Waals surface area contributed by atoms with E-state index in [1.54, 1.807) is 6.33 Å². The summed E-state index contributed by atoms with van der Waals surface area (Å²) < 4.78 is 0. The maximum atomic E-state index is 13.4. The topological polar surface area (TPSA) is 108 Å². The van der Waals surface area contributed by atoms with Gasteiger partial charge in [-0.3, -0.25) is 4.79 Å². The first-order valence-corrected chi connectivity index (χ1v) is 10.3. The van der Waals surface area contributed by atoms with Crippen molar-refractivity contribution in [1.29, 1.82) is 0 Å². The number of aromatic amines is 1. The van der Waals surface area contributed by atoms with Crippen LogP contribution in [0, 0.1) is 5.92 Å². The molecule has 7 heteroatoms. The van der Waals surface area contributed by atoms with Crippen molar-refractivity contribution in [2.45, 2.75) is 38.1 Å². The van der Waals surface area contributed by atoms with Gasteiger partial charge >= 0.3 is 0 Å². The van der Waals surface area contributed by atoms with Gasteiger partial charge in [-0.15, -0.1) is 0 Å². The van der Waals surface area contributed by atoms with E-state index in [0.29, 0.717) is 18.0 Å². The van der Waals surface area contributed by atoms with Gasteiger partial charge in [-0.1, -0.05) is 31.1 Å². The number of carbonyl (C=O) groups excluding carboxylic acids is 1. The summed E-state index contributed by atoms with van der Waals surface area (Å²) in [5.41, 5.74) is 11.4. The largest absolute Gasteiger partial charge is 0.409 e. The van der Waals surface area contributed by atoms with E-state index < -0.39 is 0 Å². The van der Waals surface area contributed by atoms with Gasteiger partial charge in [0.2, 0.25) is 0 Å². The van der Waals surface area contributed by atoms with Crippen molar-refractivity contribution in [1.82, 2.24) is 14.9 Å². The maximum Gasteiger partial charge on any atom is 0.254 e. The zero-order valence-electron chi connectivity index (χ0n) is 17.1. The van der Waals surface area contributed by atoms with Gasteiger partial charge in [0.15, 0.2) is 5.84 Å². The monoisotopic (exact) mass is 403 g/mol. The highest BCUT2D eigenvalue weighted by Gasteiger charge is 2.49. The summed E-state index contributed by atoms with van der Waals surface area (Å²) in [5, 5.41) is 12.2. The Morgan fingerprint density at radius 2 is 2.10 bits per heavy atom. The Hall–Kier alpha value is -3.35. The standard InChI is InChI=1S/C23H25N5O2/c1-13-20-11-14-3-4-15(21(24)27-30)9-17(14)23(13,2)7-8-28(20)22(29)16-5-6-18-19(10-16)26-12-25-18/h3-6,9-10,12-13,20,30H,7-8,11H2,1-2H3,(H2,24,27)(H,25,26)/t13?,20?,23-/m1/s1. The van der Waals surface area contributed by atoms with Crippen molar-refractivity contribution < 1.29 is 10.0 Å². The van der Waals surface area contributed by atoms with Crippen molar-refractivity contribution in [2.24, 2.45) is 16.8 Å². The molecule has 1 aliphatic carbocycles. The minimum atomic E-state index is -0.0614. The molecule has 5 rings (SSSR count). The van der Waals surface area contributed by atoms with Crippen LogP contribution in [-0.4, -0.2) is 44.4 Å². The first-order valence-electron chi connectivity index (χ1n) is 10.3. The second kappa shape index (κ2) is 6.58. The number of benzene rings is 2. The van der Waals surface area contributed by atoms with Gasteiger partial charge in [-0.05, 0) is 59.6 Å². The molecule has 1 amide bonds. The lowest BCUT2D eigenvalue weighted by Crippen LogP contribution is -2.59. The van der Waals surface area contributed by atoms with E-state index in [9.17, 15) is 4.79 Å². The van der Waals surface area contributed by atoms with Gasteiger partial charge in [0.05, 0.1) is 17.4 Å². The van der Waals surface area contributed by atoms with Crippen LogP contribution in [0.5, 0.6) is 0 Å². The number of hydrogen-bond donors (Lipinski definition) is 3. The fourth-order valence-corrected chi connectivity index (χ4v) is 5.32. The molecule has 3 aromatic rings. The number of imidazole rings is 1. The number of oxime groups is 1. The molecule has 30 heavy (non-hydrogen) atoms. The molecule has 2 heterocycles. The molecule has 2 unspecified atom stereocenters. The number of hydrogen-bond acceptors (Lipinski definition) is 4. The third-order valence-corrected chi connectivity index (χ3v) is 7.34. The number of H-pyrrole nitrogens is 1. The first kappa shape index (κ1) is 18.7. The van der Waals surface area contributed by atoms with Crippen LogP contribution in [0.25, 0.3) is 11.0 Å². The number of rotatable bonds is 2. The summed E-state index contributed by atoms with van der Waals surface area (Å²) in [7, 11) is 0. The van der Waals surface area contributed by atoms with Gasteiger partial charge in [0.1, 0.15) is 0 Å². The van der Waals surface area contributed by atoms with E-state index in [0.717, 1.165) is 29.4 Å². The predicted molar refractivity (Wildman–Crippen MR) is 115 cm³/mol. The Bertz CT molecular complexity index is 1180. The van der Waals surface area contributed by atoms with Crippen LogP contribution in [0.15, 0.2) is 47.9 Å². The molecule has 0 radical (unpaired) electrons. The lowest BCUT2D eigenvalue weighted by atomic mass is 9.58. The number of nitrogens with zero attached hydrogens (tertiary/aromatic N) is 3. The normalized spacial score (nSPS) is 25.9. The quantitative estimate of drug-likeness (QED) is 0.265. The van der Waals surface area contributed by atoms with Crippen LogP contribution in [0.4, 0.5) is 0 Å². The average molecular weight is 403 g/mol. The molecule has 2 aliphatic rings. The molecule has 1 saturated heterocycles. The number of fused-ring (bicyclic) bond motifs is 5. The van der Waals surface area contributed by atoms with Crippen molar-refractivity contribution >= 4 is 22.8 Å². The smallest absolute Gasteiger partial charge is 0.254 e. The molecule has 4 N–H and O–H groups in total. The van der Waals surface area contributed by atoms with Crippen LogP contribution >= 0.6 is 0 Å². The first-order chi connectivity index (χ1) is 14.4. The minimum absolute atomic E-state index is 0.0614. The van der Waals surface area contributed by atoms with E-state index in [2.05, 4.69) is 41.1 Å². The van der Waals surface area contributed by atoms with Crippen LogP contribution in [0.1, 0.15) is 47.3 Å². The number of amidine groups is 1. The Kier molecular flexibility index (Phi) is 4.10. The summed E-state index contributed by atoms with van der Waals surface area (Å²) in [6.45, 7) is 5.22. The third-order valence-electron chi connectivity index (χ3n) is 7.34. The lowest BCUT2D eigenvalue weighted by Gasteiger charge is -2.54. The Balaban J connectivity index is 1.51. The molecular weight excluding hydrogens is 378 g/mol. The zero-order chi connectivity index (χ0) is 21.0. The molecule has 0 saturated carbocycles. The number of likely N-dealkylation sites (tertiary alicyclic amines) is 1. The van der Waals surface area contributed by atoms with Gasteiger partial charge in [0.25, 0.3) is 5.91 Å². The number of carbonyl (C=O) groups is 1. The molecule has 0 spiro atoms. The Labute approximate surface area is 174 Å². The van der Waals surface area contributed by atoms with Crippen molar-refractivity contribution in [3.05, 3.63) is 65.0 Å². The Morgan fingerprint density at radius 1 is 1.30 bits per heavy atom. The van der Waals surface area contributed by atoms with Crippen molar-refractivity contribution in [3.63, 3.8) is 0 Å². The summed E-state index contributed by atoms with van der Waals surface area (Å²) in [5.74, 6) is 0.487. The molecule has 1 aliphatic heterocycles. The SMILES string of the molecule is CC1C2Cc3ccc(/C(N)=N/O)cc3[C@]1(C)CCN2C(=O)c1ccc2nc[nH]c2c1. The van der Waals surface area contributed by atoms with E-state index in [-0.39, 0.29) is 23.2 Å². The summed E-state index contributed by atoms with van der Waals surface area (Å²) in [6, 6.07) is 11.8. The number of amides is 1. The van der Waals surface area contributed by atoms with E-state index in [1.165, 1.54) is 11.1 Å². The number of nitrogens with one attached hydrogen (secondary N) is 1. The molecule has 1 aromatic heterocycles. The van der Waals surface area contributed by atoms with Gasteiger partial charge in [-0.2, -0.15) is 0 Å². The van der Waals surface area contributed by atoms with Crippen LogP contribution in [0.2, 0.25) is 0 Å². The summed E-state index contributed by atoms with van der Waals surface area (Å²) in [4.78, 5) is 22.8. The van der Waals surface area contributed by atoms with Gasteiger partial charge in [0, 0.05) is 23.7 Å². The fraction of sp³-hybridized carbons (Fsp3) is 0.348. The molecule has 7 nitrogen and oxygen atoms in total. The minimum Gasteiger partial charge on any atom is -0.409 e. The highest BCUT2D eigenvalue weighted by Crippen LogP contribution is 2.49. The molecular formula is C23H25N5O2. The van der Waals surface area contributed by atoms with Gasteiger partial charge < -0.3 is 20.8 Å². The van der Waals surface area contributed by atoms with Crippen LogP contribution < -0.4 is 5.73 Å². The number of aromatic nitrogens is 2. The number of piperidine rings is 1. The van der Waals surface area contributed by atoms with Crippen molar-refractivity contribution in [3.8, 4) is 0 Å². The van der Waals surface area contributed by atoms with Gasteiger partial charge in [-0.25, -0.2) is 4.98 Å². The van der Waals surface area contributed by atoms with Crippen molar-refractivity contribution in [2.75, 3.05) is 6.54 Å². The second-order valence-electron chi connectivity index (χ2n) is 8.72. The van der Waals surface area contributed by atoms with E-state index in [4.69, 9.17) is 10.9 Å². The fourth-order valence-electron chi connectivity index (χ4n) is 5.32. The molecule has 1 fully saturated rings. The molecule has 154 valence electrons. The van der Waals surface area contributed by atoms with E-state index >= 15 is 0 Å². The third kappa shape index (κ3) is 2.61. The molecule has 3 atom stereocenters. The number of nitrogens with two attached hydrogens (primary N) is 1. The Morgan fingerprint density at radius 3 is 2.90 bits per heavy atom. The van der Waals surface area contributed by atoms with Crippen LogP contribution in [0.3, 0.4) is 0 Å². The van der Waals surface area contributed by atoms with Crippen LogP contribution in [-0.2, 0) is 11.8 Å². The molecule has 2 bridgehead atoms. The maximum absolute atomic E-state index is 13.4. The zero-order valence-corrected chi connectivity index (χ0v) is 17.1. The highest BCUT2D eigenvalue weighted by atomic mass is 16.4. The molecule has 2 aromatic carbocycles. The summed E-state index contributed by atoms with van der Waals surface area (Å²) >= 11 is 0. The lowest BCUT2D eigenvalue weighted by molar-refractivity contribution is 0.0250. The predicted octanol–water partition coefficient (Wildman–Crippen LogP) is 3.02.